The standard InChI is InChI=1S/C36H46N4O6/c1-6-24(2)31(34(43)38-29(32(37)41)21-25-13-9-7-10-14-25)40-33(42)30(39-35(44)46-36(3,4)5)22-26-17-19-28(20-18-26)45-23-27-15-11-8-12-16-27/h7-20,24,29-31H,6,21-23H2,1-5H3,(H2,37,41)(H,38,43)(H,39,44)(H,40,42)/t24-,29+,30+,31-/m0/s1. The summed E-state index contributed by atoms with van der Waals surface area (Å²) in [6, 6.07) is 23.2. The number of nitrogens with one attached hydrogen (secondary N) is 3. The maximum atomic E-state index is 13.7. The van der Waals surface area contributed by atoms with E-state index in [1.165, 1.54) is 0 Å². The molecule has 4 amide bonds. The van der Waals surface area contributed by atoms with Crippen molar-refractivity contribution in [2.24, 2.45) is 11.7 Å². The molecule has 0 spiro atoms. The number of benzene rings is 3. The van der Waals surface area contributed by atoms with Crippen molar-refractivity contribution in [2.75, 3.05) is 0 Å². The molecule has 0 bridgehead atoms. The van der Waals surface area contributed by atoms with Gasteiger partial charge < -0.3 is 31.2 Å². The van der Waals surface area contributed by atoms with Crippen LogP contribution in [0.5, 0.6) is 5.75 Å². The highest BCUT2D eigenvalue weighted by atomic mass is 16.6. The number of nitrogens with two attached hydrogens (primary N) is 1. The molecule has 0 aliphatic heterocycles. The van der Waals surface area contributed by atoms with E-state index in [1.807, 2.05) is 86.6 Å². The largest absolute Gasteiger partial charge is 0.489 e. The normalized spacial score (nSPS) is 13.8. The summed E-state index contributed by atoms with van der Waals surface area (Å²) in [6.07, 6.45) is 0.123. The van der Waals surface area contributed by atoms with Crippen LogP contribution in [0, 0.1) is 5.92 Å². The van der Waals surface area contributed by atoms with Crippen LogP contribution in [-0.4, -0.2) is 47.5 Å². The molecule has 3 aromatic rings. The van der Waals surface area contributed by atoms with Crippen molar-refractivity contribution >= 4 is 23.8 Å². The number of carbonyl (C=O) groups is 4. The van der Waals surface area contributed by atoms with Crippen molar-refractivity contribution in [1.82, 2.24) is 16.0 Å². The molecule has 5 N–H and O–H groups in total. The van der Waals surface area contributed by atoms with Gasteiger partial charge in [-0.15, -0.1) is 0 Å². The Hall–Kier alpha value is -4.86. The third-order valence-corrected chi connectivity index (χ3v) is 7.35. The van der Waals surface area contributed by atoms with Crippen LogP contribution in [0.2, 0.25) is 0 Å². The first-order valence-electron chi connectivity index (χ1n) is 15.5. The molecule has 0 radical (unpaired) electrons. The Labute approximate surface area is 271 Å². The SMILES string of the molecule is CC[C@H](C)[C@H](NC(=O)[C@@H](Cc1ccc(OCc2ccccc2)cc1)NC(=O)OC(C)(C)C)C(=O)N[C@H](Cc1ccccc1)C(N)=O. The number of rotatable bonds is 15. The van der Waals surface area contributed by atoms with Gasteiger partial charge in [0.15, 0.2) is 0 Å². The molecule has 3 aromatic carbocycles. The van der Waals surface area contributed by atoms with Crippen LogP contribution in [0.15, 0.2) is 84.9 Å². The van der Waals surface area contributed by atoms with Crippen molar-refractivity contribution in [1.29, 1.82) is 0 Å². The molecule has 0 saturated carbocycles. The number of hydrogen-bond donors (Lipinski definition) is 4. The van der Waals surface area contributed by atoms with Crippen LogP contribution in [0.25, 0.3) is 0 Å². The Morgan fingerprint density at radius 3 is 1.80 bits per heavy atom. The highest BCUT2D eigenvalue weighted by Gasteiger charge is 2.32. The lowest BCUT2D eigenvalue weighted by atomic mass is 9.96. The quantitative estimate of drug-likeness (QED) is 0.195. The number of hydrogen-bond acceptors (Lipinski definition) is 6. The minimum Gasteiger partial charge on any atom is -0.489 e. The topological polar surface area (TPSA) is 149 Å². The van der Waals surface area contributed by atoms with E-state index >= 15 is 0 Å². The third-order valence-electron chi connectivity index (χ3n) is 7.35. The molecule has 46 heavy (non-hydrogen) atoms. The van der Waals surface area contributed by atoms with Crippen molar-refractivity contribution in [3.05, 3.63) is 102 Å². The van der Waals surface area contributed by atoms with Gasteiger partial charge in [0.05, 0.1) is 0 Å². The zero-order valence-corrected chi connectivity index (χ0v) is 27.2. The van der Waals surface area contributed by atoms with Crippen molar-refractivity contribution in [2.45, 2.75) is 84.2 Å². The predicted octanol–water partition coefficient (Wildman–Crippen LogP) is 4.45. The molecule has 0 saturated heterocycles. The first kappa shape index (κ1) is 35.6. The van der Waals surface area contributed by atoms with Gasteiger partial charge in [-0.25, -0.2) is 4.79 Å². The minimum atomic E-state index is -1.07. The van der Waals surface area contributed by atoms with E-state index in [1.54, 1.807) is 32.9 Å². The van der Waals surface area contributed by atoms with Gasteiger partial charge in [0.25, 0.3) is 0 Å². The molecule has 0 heterocycles. The fraction of sp³-hybridized carbons (Fsp3) is 0.389. The van der Waals surface area contributed by atoms with E-state index in [0.717, 1.165) is 16.7 Å². The molecular weight excluding hydrogens is 584 g/mol. The van der Waals surface area contributed by atoms with Crippen molar-refractivity contribution < 1.29 is 28.7 Å². The fourth-order valence-electron chi connectivity index (χ4n) is 4.65. The van der Waals surface area contributed by atoms with E-state index in [9.17, 15) is 19.2 Å². The van der Waals surface area contributed by atoms with Gasteiger partial charge in [0, 0.05) is 12.8 Å². The summed E-state index contributed by atoms with van der Waals surface area (Å²) in [5.74, 6) is -1.45. The summed E-state index contributed by atoms with van der Waals surface area (Å²) in [7, 11) is 0. The van der Waals surface area contributed by atoms with Crippen molar-refractivity contribution in [3.63, 3.8) is 0 Å². The summed E-state index contributed by atoms with van der Waals surface area (Å²) in [4.78, 5) is 52.3. The summed E-state index contributed by atoms with van der Waals surface area (Å²) < 4.78 is 11.3. The maximum absolute atomic E-state index is 13.7. The first-order valence-corrected chi connectivity index (χ1v) is 15.5. The van der Waals surface area contributed by atoms with Gasteiger partial charge in [-0.3, -0.25) is 14.4 Å². The second-order valence-corrected chi connectivity index (χ2v) is 12.3. The smallest absolute Gasteiger partial charge is 0.408 e. The van der Waals surface area contributed by atoms with Crippen LogP contribution < -0.4 is 26.4 Å². The predicted molar refractivity (Wildman–Crippen MR) is 177 cm³/mol. The summed E-state index contributed by atoms with van der Waals surface area (Å²) in [5, 5.41) is 8.20. The molecule has 4 atom stereocenters. The third kappa shape index (κ3) is 11.9. The van der Waals surface area contributed by atoms with Crippen molar-refractivity contribution in [3.8, 4) is 5.75 Å². The molecule has 246 valence electrons. The van der Waals surface area contributed by atoms with E-state index < -0.39 is 47.5 Å². The molecular formula is C36H46N4O6. The molecule has 0 aliphatic carbocycles. The Balaban J connectivity index is 1.76. The van der Waals surface area contributed by atoms with Gasteiger partial charge in [-0.2, -0.15) is 0 Å². The zero-order valence-electron chi connectivity index (χ0n) is 27.2. The van der Waals surface area contributed by atoms with Crippen LogP contribution in [-0.2, 0) is 38.6 Å². The minimum absolute atomic E-state index is 0.122. The number of amides is 4. The molecule has 3 rings (SSSR count). The van der Waals surface area contributed by atoms with Gasteiger partial charge >= 0.3 is 6.09 Å². The lowest BCUT2D eigenvalue weighted by Crippen LogP contribution is -2.59. The first-order chi connectivity index (χ1) is 21.8. The van der Waals surface area contributed by atoms with Gasteiger partial charge in [-0.1, -0.05) is 93.1 Å². The Morgan fingerprint density at radius 2 is 1.26 bits per heavy atom. The summed E-state index contributed by atoms with van der Waals surface area (Å²) >= 11 is 0. The fourth-order valence-corrected chi connectivity index (χ4v) is 4.65. The van der Waals surface area contributed by atoms with E-state index in [0.29, 0.717) is 18.8 Å². The molecule has 10 nitrogen and oxygen atoms in total. The average molecular weight is 631 g/mol. The Morgan fingerprint density at radius 1 is 0.717 bits per heavy atom. The number of primary amides is 1. The maximum Gasteiger partial charge on any atom is 0.408 e. The summed E-state index contributed by atoms with van der Waals surface area (Å²) in [5.41, 5.74) is 7.46. The molecule has 0 unspecified atom stereocenters. The second-order valence-electron chi connectivity index (χ2n) is 12.3. The van der Waals surface area contributed by atoms with Gasteiger partial charge in [0.1, 0.15) is 36.1 Å². The molecule has 10 heteroatoms. The van der Waals surface area contributed by atoms with Crippen LogP contribution in [0.1, 0.15) is 57.7 Å². The zero-order chi connectivity index (χ0) is 33.7. The lowest BCUT2D eigenvalue weighted by molar-refractivity contribution is -0.133. The number of ether oxygens (including phenoxy) is 2. The highest BCUT2D eigenvalue weighted by Crippen LogP contribution is 2.17. The van der Waals surface area contributed by atoms with E-state index in [2.05, 4.69) is 16.0 Å². The number of alkyl carbamates (subject to hydrolysis) is 1. The second kappa shape index (κ2) is 17.0. The average Bonchev–Trinajstić information content (AvgIpc) is 3.02. The van der Waals surface area contributed by atoms with Gasteiger partial charge in [-0.05, 0) is 55.5 Å². The monoisotopic (exact) mass is 630 g/mol. The summed E-state index contributed by atoms with van der Waals surface area (Å²) in [6.45, 7) is 9.31. The lowest BCUT2D eigenvalue weighted by Gasteiger charge is -2.28. The van der Waals surface area contributed by atoms with E-state index in [4.69, 9.17) is 15.2 Å². The van der Waals surface area contributed by atoms with Gasteiger partial charge in [0.2, 0.25) is 17.7 Å². The number of carbonyl (C=O) groups excluding carboxylic acids is 4. The Kier molecular flexibility index (Phi) is 13.2. The van der Waals surface area contributed by atoms with E-state index in [-0.39, 0.29) is 18.8 Å². The van der Waals surface area contributed by atoms with Crippen LogP contribution >= 0.6 is 0 Å². The van der Waals surface area contributed by atoms with Crippen LogP contribution in [0.4, 0.5) is 4.79 Å². The van der Waals surface area contributed by atoms with Crippen LogP contribution in [0.3, 0.4) is 0 Å². The molecule has 0 aliphatic rings. The Bertz CT molecular complexity index is 1420. The molecule has 0 aromatic heterocycles. The highest BCUT2D eigenvalue weighted by molar-refractivity contribution is 5.94. The molecule has 0 fully saturated rings.